The summed E-state index contributed by atoms with van der Waals surface area (Å²) in [5.74, 6) is 0.148. The van der Waals surface area contributed by atoms with Crippen LogP contribution in [0.25, 0.3) is 0 Å². The molecule has 1 atom stereocenters. The van der Waals surface area contributed by atoms with E-state index >= 15 is 0 Å². The van der Waals surface area contributed by atoms with Crippen LogP contribution in [0.15, 0.2) is 54.6 Å². The van der Waals surface area contributed by atoms with Crippen molar-refractivity contribution in [3.05, 3.63) is 65.7 Å². The Morgan fingerprint density at radius 2 is 1.75 bits per heavy atom. The minimum atomic E-state index is 0.148. The average molecular weight is 378 g/mol. The van der Waals surface area contributed by atoms with E-state index in [1.807, 2.05) is 12.1 Å². The van der Waals surface area contributed by atoms with E-state index in [0.717, 1.165) is 51.4 Å². The number of hydrogen-bond acceptors (Lipinski definition) is 4. The zero-order valence-electron chi connectivity index (χ0n) is 16.9. The second-order valence-electron chi connectivity index (χ2n) is 8.15. The van der Waals surface area contributed by atoms with Crippen LogP contribution in [-0.4, -0.2) is 60.9 Å². The summed E-state index contributed by atoms with van der Waals surface area (Å²) in [6.07, 6.45) is 2.56. The molecule has 4 rings (SSSR count). The van der Waals surface area contributed by atoms with E-state index in [2.05, 4.69) is 57.2 Å². The summed E-state index contributed by atoms with van der Waals surface area (Å²) in [6, 6.07) is 19.6. The van der Waals surface area contributed by atoms with Gasteiger partial charge < -0.3 is 4.90 Å². The Kier molecular flexibility index (Phi) is 6.08. The van der Waals surface area contributed by atoms with Crippen molar-refractivity contribution in [3.8, 4) is 0 Å². The van der Waals surface area contributed by atoms with Gasteiger partial charge in [-0.05, 0) is 50.1 Å². The van der Waals surface area contributed by atoms with E-state index in [4.69, 9.17) is 0 Å². The summed E-state index contributed by atoms with van der Waals surface area (Å²) in [6.45, 7) is 9.40. The Labute approximate surface area is 168 Å². The van der Waals surface area contributed by atoms with Gasteiger partial charge in [-0.15, -0.1) is 0 Å². The van der Waals surface area contributed by atoms with E-state index in [-0.39, 0.29) is 5.78 Å². The summed E-state index contributed by atoms with van der Waals surface area (Å²) in [7, 11) is 0. The molecule has 0 unspecified atom stereocenters. The third-order valence-corrected chi connectivity index (χ3v) is 6.17. The topological polar surface area (TPSA) is 26.8 Å². The van der Waals surface area contributed by atoms with E-state index < -0.39 is 0 Å². The Bertz CT molecular complexity index is 783. The van der Waals surface area contributed by atoms with Gasteiger partial charge in [-0.2, -0.15) is 0 Å². The molecular weight excluding hydrogens is 346 g/mol. The summed E-state index contributed by atoms with van der Waals surface area (Å²) < 4.78 is 0. The highest BCUT2D eigenvalue weighted by Gasteiger charge is 2.28. The van der Waals surface area contributed by atoms with Gasteiger partial charge in [0.25, 0.3) is 0 Å². The maximum atomic E-state index is 11.7. The molecule has 0 radical (unpaired) electrons. The standard InChI is InChI=1S/C24H31N3O/c1-20(28)22-8-5-7-21(17-22)18-25-12-6-11-24(19-25)27-15-13-26(14-16-27)23-9-3-2-4-10-23/h2-5,7-10,17,24H,6,11-16,18-19H2,1H3/t24-/m1/s1. The van der Waals surface area contributed by atoms with Gasteiger partial charge in [-0.1, -0.05) is 36.4 Å². The zero-order chi connectivity index (χ0) is 19.3. The maximum Gasteiger partial charge on any atom is 0.159 e. The SMILES string of the molecule is CC(=O)c1cccc(CN2CCC[C@@H](N3CCN(c4ccccc4)CC3)C2)c1. The van der Waals surface area contributed by atoms with Gasteiger partial charge in [0.2, 0.25) is 0 Å². The molecule has 0 aromatic heterocycles. The molecule has 2 aromatic carbocycles. The van der Waals surface area contributed by atoms with Crippen LogP contribution in [0.3, 0.4) is 0 Å². The maximum absolute atomic E-state index is 11.7. The minimum Gasteiger partial charge on any atom is -0.369 e. The summed E-state index contributed by atoms with van der Waals surface area (Å²) in [4.78, 5) is 19.4. The van der Waals surface area contributed by atoms with Crippen LogP contribution < -0.4 is 4.90 Å². The number of Topliss-reactive ketones (excluding diaryl/α,β-unsaturated/α-hetero) is 1. The minimum absolute atomic E-state index is 0.148. The molecule has 2 fully saturated rings. The first-order valence-electron chi connectivity index (χ1n) is 10.6. The number of benzene rings is 2. The molecule has 0 aliphatic carbocycles. The van der Waals surface area contributed by atoms with Gasteiger partial charge in [0.15, 0.2) is 5.78 Å². The second-order valence-corrected chi connectivity index (χ2v) is 8.15. The molecule has 28 heavy (non-hydrogen) atoms. The molecule has 0 spiro atoms. The number of ketones is 1. The van der Waals surface area contributed by atoms with Crippen molar-refractivity contribution in [3.63, 3.8) is 0 Å². The van der Waals surface area contributed by atoms with Crippen LogP contribution in [0.5, 0.6) is 0 Å². The lowest BCUT2D eigenvalue weighted by Gasteiger charge is -2.44. The molecule has 2 saturated heterocycles. The molecule has 4 nitrogen and oxygen atoms in total. The van der Waals surface area contributed by atoms with Crippen molar-refractivity contribution < 1.29 is 4.79 Å². The van der Waals surface area contributed by atoms with Crippen LogP contribution in [0.4, 0.5) is 5.69 Å². The molecule has 2 aliphatic heterocycles. The van der Waals surface area contributed by atoms with Gasteiger partial charge >= 0.3 is 0 Å². The Morgan fingerprint density at radius 3 is 2.50 bits per heavy atom. The van der Waals surface area contributed by atoms with Gasteiger partial charge in [0.1, 0.15) is 0 Å². The Morgan fingerprint density at radius 1 is 0.964 bits per heavy atom. The number of para-hydroxylation sites is 1. The van der Waals surface area contributed by atoms with Crippen molar-refractivity contribution in [2.75, 3.05) is 44.2 Å². The monoisotopic (exact) mass is 377 g/mol. The van der Waals surface area contributed by atoms with Crippen LogP contribution in [-0.2, 0) is 6.54 Å². The van der Waals surface area contributed by atoms with Gasteiger partial charge in [0, 0.05) is 56.6 Å². The number of anilines is 1. The van der Waals surface area contributed by atoms with Crippen LogP contribution in [0, 0.1) is 0 Å². The Hall–Kier alpha value is -2.17. The van der Waals surface area contributed by atoms with Gasteiger partial charge in [-0.3, -0.25) is 14.6 Å². The number of carbonyl (C=O) groups is 1. The fourth-order valence-corrected chi connectivity index (χ4v) is 4.60. The molecule has 0 saturated carbocycles. The smallest absolute Gasteiger partial charge is 0.159 e. The predicted octanol–water partition coefficient (Wildman–Crippen LogP) is 3.68. The number of hydrogen-bond donors (Lipinski definition) is 0. The molecular formula is C24H31N3O. The van der Waals surface area contributed by atoms with E-state index in [0.29, 0.717) is 6.04 Å². The first-order valence-corrected chi connectivity index (χ1v) is 10.6. The quantitative estimate of drug-likeness (QED) is 0.743. The largest absolute Gasteiger partial charge is 0.369 e. The highest BCUT2D eigenvalue weighted by Crippen LogP contribution is 2.22. The fraction of sp³-hybridized carbons (Fsp3) is 0.458. The third-order valence-electron chi connectivity index (χ3n) is 6.17. The molecule has 0 bridgehead atoms. The Balaban J connectivity index is 1.32. The van der Waals surface area contributed by atoms with Crippen LogP contribution >= 0.6 is 0 Å². The highest BCUT2D eigenvalue weighted by molar-refractivity contribution is 5.94. The van der Waals surface area contributed by atoms with Crippen molar-refractivity contribution >= 4 is 11.5 Å². The summed E-state index contributed by atoms with van der Waals surface area (Å²) in [5, 5.41) is 0. The van der Waals surface area contributed by atoms with Gasteiger partial charge in [0.05, 0.1) is 0 Å². The lowest BCUT2D eigenvalue weighted by Crippen LogP contribution is -2.55. The summed E-state index contributed by atoms with van der Waals surface area (Å²) in [5.41, 5.74) is 3.42. The first kappa shape index (κ1) is 19.2. The average Bonchev–Trinajstić information content (AvgIpc) is 2.75. The molecule has 4 heteroatoms. The van der Waals surface area contributed by atoms with Crippen molar-refractivity contribution in [2.45, 2.75) is 32.4 Å². The van der Waals surface area contributed by atoms with E-state index in [9.17, 15) is 4.79 Å². The normalized spacial score (nSPS) is 21.6. The predicted molar refractivity (Wildman–Crippen MR) is 115 cm³/mol. The molecule has 0 amide bonds. The number of nitrogens with zero attached hydrogens (tertiary/aromatic N) is 3. The number of rotatable bonds is 5. The fourth-order valence-electron chi connectivity index (χ4n) is 4.60. The van der Waals surface area contributed by atoms with Crippen LogP contribution in [0.1, 0.15) is 35.7 Å². The second kappa shape index (κ2) is 8.89. The van der Waals surface area contributed by atoms with Crippen LogP contribution in [0.2, 0.25) is 0 Å². The van der Waals surface area contributed by atoms with E-state index in [1.165, 1.54) is 24.1 Å². The first-order chi connectivity index (χ1) is 13.7. The van der Waals surface area contributed by atoms with Gasteiger partial charge in [-0.25, -0.2) is 0 Å². The lowest BCUT2D eigenvalue weighted by atomic mass is 10.0. The highest BCUT2D eigenvalue weighted by atomic mass is 16.1. The molecule has 2 heterocycles. The van der Waals surface area contributed by atoms with Crippen molar-refractivity contribution in [1.82, 2.24) is 9.80 Å². The number of likely N-dealkylation sites (tertiary alicyclic amines) is 1. The summed E-state index contributed by atoms with van der Waals surface area (Å²) >= 11 is 0. The number of piperazine rings is 1. The third kappa shape index (κ3) is 4.62. The zero-order valence-corrected chi connectivity index (χ0v) is 16.9. The number of piperidine rings is 1. The molecule has 2 aromatic rings. The number of carbonyl (C=O) groups excluding carboxylic acids is 1. The van der Waals surface area contributed by atoms with Crippen molar-refractivity contribution in [1.29, 1.82) is 0 Å². The van der Waals surface area contributed by atoms with Crippen molar-refractivity contribution in [2.24, 2.45) is 0 Å². The van der Waals surface area contributed by atoms with E-state index in [1.54, 1.807) is 6.92 Å². The molecule has 148 valence electrons. The lowest BCUT2D eigenvalue weighted by molar-refractivity contribution is 0.0887. The molecule has 0 N–H and O–H groups in total. The molecule has 2 aliphatic rings.